The monoisotopic (exact) mass is 443 g/mol. The van der Waals surface area contributed by atoms with E-state index in [0.717, 1.165) is 6.92 Å². The number of rotatable bonds is 5. The van der Waals surface area contributed by atoms with Gasteiger partial charge in [0.25, 0.3) is 5.91 Å². The molecule has 2 aliphatic rings. The van der Waals surface area contributed by atoms with Crippen molar-refractivity contribution < 1.29 is 27.9 Å². The number of nitrogens with one attached hydrogen (secondary N) is 1. The molecular formula is C18H23F2N5O4S. The number of halogens is 2. The fraction of sp³-hybridized carbons (Fsp3) is 0.500. The van der Waals surface area contributed by atoms with E-state index >= 15 is 0 Å². The third kappa shape index (κ3) is 5.05. The second-order valence-electron chi connectivity index (χ2n) is 6.87. The molecule has 9 nitrogen and oxygen atoms in total. The lowest BCUT2D eigenvalue weighted by atomic mass is 10.2. The first kappa shape index (κ1) is 22.0. The minimum atomic E-state index is -1.66. The second-order valence-corrected chi connectivity index (χ2v) is 7.29. The Morgan fingerprint density at radius 3 is 2.83 bits per heavy atom. The van der Waals surface area contributed by atoms with Gasteiger partial charge in [0.1, 0.15) is 11.9 Å². The molecule has 0 aromatic heterocycles. The summed E-state index contributed by atoms with van der Waals surface area (Å²) in [6.07, 6.45) is -2.97. The van der Waals surface area contributed by atoms with Gasteiger partial charge in [-0.2, -0.15) is 0 Å². The fourth-order valence-electron chi connectivity index (χ4n) is 3.18. The summed E-state index contributed by atoms with van der Waals surface area (Å²) >= 11 is 4.90. The number of ether oxygens (including phenoxy) is 1. The predicted octanol–water partition coefficient (Wildman–Crippen LogP) is 0.922. The Bertz CT molecular complexity index is 828. The Balaban J connectivity index is 1.64. The van der Waals surface area contributed by atoms with Crippen LogP contribution in [-0.4, -0.2) is 73.8 Å². The van der Waals surface area contributed by atoms with Crippen molar-refractivity contribution in [3.8, 4) is 0 Å². The Morgan fingerprint density at radius 2 is 2.17 bits per heavy atom. The number of carbonyl (C=O) groups is 2. The zero-order chi connectivity index (χ0) is 21.8. The van der Waals surface area contributed by atoms with Crippen molar-refractivity contribution in [2.75, 3.05) is 49.1 Å². The van der Waals surface area contributed by atoms with Crippen LogP contribution in [0.3, 0.4) is 0 Å². The zero-order valence-corrected chi connectivity index (χ0v) is 17.2. The van der Waals surface area contributed by atoms with Crippen LogP contribution in [-0.2, 0) is 14.4 Å². The predicted molar refractivity (Wildman–Crippen MR) is 109 cm³/mol. The van der Waals surface area contributed by atoms with Gasteiger partial charge in [0.15, 0.2) is 11.3 Å². The summed E-state index contributed by atoms with van der Waals surface area (Å²) in [6, 6.07) is 4.44. The maximum atomic E-state index is 14.8. The van der Waals surface area contributed by atoms with Crippen molar-refractivity contribution in [3.05, 3.63) is 24.0 Å². The molecule has 0 radical (unpaired) electrons. The average molecular weight is 443 g/mol. The normalized spacial score (nSPS) is 20.6. The summed E-state index contributed by atoms with van der Waals surface area (Å²) in [7, 11) is 0. The highest BCUT2D eigenvalue weighted by molar-refractivity contribution is 7.80. The van der Waals surface area contributed by atoms with Gasteiger partial charge in [-0.3, -0.25) is 14.5 Å². The highest BCUT2D eigenvalue weighted by Crippen LogP contribution is 2.28. The average Bonchev–Trinajstić information content (AvgIpc) is 2.90. The summed E-state index contributed by atoms with van der Waals surface area (Å²) in [5.41, 5.74) is 6.25. The highest BCUT2D eigenvalue weighted by Gasteiger charge is 2.33. The Labute approximate surface area is 177 Å². The maximum Gasteiger partial charge on any atom is 0.414 e. The molecule has 0 spiro atoms. The first-order valence-electron chi connectivity index (χ1n) is 9.40. The van der Waals surface area contributed by atoms with Gasteiger partial charge in [0, 0.05) is 13.1 Å². The Kier molecular flexibility index (Phi) is 6.87. The molecule has 2 aliphatic heterocycles. The number of amides is 2. The van der Waals surface area contributed by atoms with Gasteiger partial charge in [0.05, 0.1) is 37.6 Å². The highest BCUT2D eigenvalue weighted by atomic mass is 32.1. The zero-order valence-electron chi connectivity index (χ0n) is 16.3. The molecule has 30 heavy (non-hydrogen) atoms. The van der Waals surface area contributed by atoms with Gasteiger partial charge in [-0.05, 0) is 37.3 Å². The number of carbonyl (C=O) groups excluding carboxylic acids is 2. The van der Waals surface area contributed by atoms with E-state index in [0.29, 0.717) is 37.6 Å². The Hall–Kier alpha value is -2.73. The summed E-state index contributed by atoms with van der Waals surface area (Å²) in [5, 5.41) is 3.88. The van der Waals surface area contributed by atoms with Gasteiger partial charge < -0.3 is 20.7 Å². The number of benzene rings is 1. The molecule has 1 unspecified atom stereocenters. The number of hydrogen-bond acceptors (Lipinski definition) is 6. The number of nitrogens with zero attached hydrogens (tertiary/aromatic N) is 3. The molecule has 1 aromatic rings. The van der Waals surface area contributed by atoms with Crippen LogP contribution in [0.2, 0.25) is 0 Å². The largest absolute Gasteiger partial charge is 0.442 e. The summed E-state index contributed by atoms with van der Waals surface area (Å²) in [4.78, 5) is 32.0. The van der Waals surface area contributed by atoms with Crippen molar-refractivity contribution in [2.24, 2.45) is 5.73 Å². The molecule has 0 saturated carbocycles. The van der Waals surface area contributed by atoms with Crippen molar-refractivity contribution in [1.82, 2.24) is 10.4 Å². The van der Waals surface area contributed by atoms with E-state index in [1.807, 2.05) is 0 Å². The molecule has 3 N–H and O–H groups in total. The third-order valence-corrected chi connectivity index (χ3v) is 4.95. The number of cyclic esters (lactones) is 1. The number of nitrogens with two attached hydrogens (primary N) is 1. The number of anilines is 2. The van der Waals surface area contributed by atoms with Gasteiger partial charge in [-0.15, -0.1) is 0 Å². The molecule has 3 rings (SSSR count). The van der Waals surface area contributed by atoms with Crippen molar-refractivity contribution >= 4 is 40.7 Å². The first-order chi connectivity index (χ1) is 14.3. The number of alkyl halides is 1. The lowest BCUT2D eigenvalue weighted by Gasteiger charge is -2.24. The van der Waals surface area contributed by atoms with Crippen LogP contribution in [0.1, 0.15) is 6.92 Å². The summed E-state index contributed by atoms with van der Waals surface area (Å²) in [6.45, 7) is 2.78. The Morgan fingerprint density at radius 1 is 1.40 bits per heavy atom. The van der Waals surface area contributed by atoms with Crippen molar-refractivity contribution in [2.45, 2.75) is 19.2 Å². The van der Waals surface area contributed by atoms with Gasteiger partial charge in [0.2, 0.25) is 0 Å². The number of thiocarbonyl (C=S) groups is 1. The number of hydrogen-bond donors (Lipinski definition) is 2. The lowest BCUT2D eigenvalue weighted by molar-refractivity contribution is -0.125. The van der Waals surface area contributed by atoms with Gasteiger partial charge in [-0.1, -0.05) is 0 Å². The quantitative estimate of drug-likeness (QED) is 0.649. The van der Waals surface area contributed by atoms with E-state index in [2.05, 4.69) is 5.32 Å². The molecule has 2 amide bonds. The number of hydroxylamine groups is 2. The van der Waals surface area contributed by atoms with Crippen LogP contribution < -0.4 is 20.9 Å². The minimum absolute atomic E-state index is 0.0246. The van der Waals surface area contributed by atoms with Crippen LogP contribution in [0.15, 0.2) is 18.2 Å². The first-order valence-corrected chi connectivity index (χ1v) is 9.81. The van der Waals surface area contributed by atoms with Crippen LogP contribution in [0.4, 0.5) is 25.0 Å². The molecule has 2 atom stereocenters. The van der Waals surface area contributed by atoms with E-state index < -0.39 is 30.1 Å². The SMILES string of the molecule is CC(F)C(=O)NC[C@H]1CN(c2ccc(N3CCON(C(N)=S)CC3)c(F)c2)C(=O)O1. The van der Waals surface area contributed by atoms with Crippen LogP contribution in [0.5, 0.6) is 0 Å². The molecular weight excluding hydrogens is 420 g/mol. The molecule has 2 fully saturated rings. The summed E-state index contributed by atoms with van der Waals surface area (Å²) in [5.74, 6) is -1.29. The lowest BCUT2D eigenvalue weighted by Crippen LogP contribution is -2.38. The van der Waals surface area contributed by atoms with Gasteiger partial charge >= 0.3 is 6.09 Å². The van der Waals surface area contributed by atoms with Crippen LogP contribution >= 0.6 is 12.2 Å². The van der Waals surface area contributed by atoms with Crippen LogP contribution in [0.25, 0.3) is 0 Å². The smallest absolute Gasteiger partial charge is 0.414 e. The summed E-state index contributed by atoms with van der Waals surface area (Å²) < 4.78 is 32.9. The maximum absolute atomic E-state index is 14.8. The molecule has 0 bridgehead atoms. The van der Waals surface area contributed by atoms with Crippen molar-refractivity contribution in [1.29, 1.82) is 0 Å². The molecule has 2 heterocycles. The van der Waals surface area contributed by atoms with E-state index in [1.165, 1.54) is 16.0 Å². The van der Waals surface area contributed by atoms with Gasteiger partial charge in [-0.25, -0.2) is 18.6 Å². The van der Waals surface area contributed by atoms with E-state index in [1.54, 1.807) is 17.0 Å². The molecule has 1 aromatic carbocycles. The molecule has 0 aliphatic carbocycles. The third-order valence-electron chi connectivity index (χ3n) is 4.75. The standard InChI is InChI=1S/C18H23F2N5O4S/c1-11(19)16(26)22-9-13-10-24(18(27)29-13)12-2-3-15(14(20)8-12)23-4-5-25(17(21)30)28-7-6-23/h2-3,8,11,13H,4-7,9-10H2,1H3,(H2,21,30)(H,22,26)/t11?,13-/m0/s1. The van der Waals surface area contributed by atoms with Crippen molar-refractivity contribution in [3.63, 3.8) is 0 Å². The molecule has 2 saturated heterocycles. The molecule has 12 heteroatoms. The topological polar surface area (TPSA) is 100 Å². The fourth-order valence-corrected chi connectivity index (χ4v) is 3.32. The van der Waals surface area contributed by atoms with E-state index in [4.69, 9.17) is 27.5 Å². The van der Waals surface area contributed by atoms with E-state index in [-0.39, 0.29) is 18.2 Å². The van der Waals surface area contributed by atoms with E-state index in [9.17, 15) is 18.4 Å². The molecule has 164 valence electrons. The van der Waals surface area contributed by atoms with Crippen LogP contribution in [0, 0.1) is 5.82 Å². The minimum Gasteiger partial charge on any atom is -0.442 e. The second kappa shape index (κ2) is 9.39.